The Morgan fingerprint density at radius 1 is 1.23 bits per heavy atom. The zero-order chi connectivity index (χ0) is 19.4. The molecule has 1 amide bonds. The van der Waals surface area contributed by atoms with Gasteiger partial charge in [-0.25, -0.2) is 13.1 Å². The highest BCUT2D eigenvalue weighted by Crippen LogP contribution is 2.17. The van der Waals surface area contributed by atoms with Crippen LogP contribution in [0.1, 0.15) is 26.5 Å². The van der Waals surface area contributed by atoms with Crippen LogP contribution >= 0.6 is 0 Å². The molecule has 1 unspecified atom stereocenters. The van der Waals surface area contributed by atoms with Gasteiger partial charge in [0.2, 0.25) is 15.9 Å². The molecule has 1 atom stereocenters. The zero-order valence-electron chi connectivity index (χ0n) is 15.0. The van der Waals surface area contributed by atoms with E-state index in [4.69, 9.17) is 4.42 Å². The molecule has 1 aromatic heterocycles. The average molecular weight is 380 g/mol. The summed E-state index contributed by atoms with van der Waals surface area (Å²) in [6.45, 7) is 4.91. The monoisotopic (exact) mass is 380 g/mol. The third-order valence-corrected chi connectivity index (χ3v) is 5.15. The fourth-order valence-corrected chi connectivity index (χ4v) is 3.35. The lowest BCUT2D eigenvalue weighted by Crippen LogP contribution is -2.42. The molecule has 1 heterocycles. The lowest BCUT2D eigenvalue weighted by molar-refractivity contribution is -0.118. The molecule has 0 bridgehead atoms. The third-order valence-electron chi connectivity index (χ3n) is 3.73. The van der Waals surface area contributed by atoms with Gasteiger partial charge in [0, 0.05) is 24.6 Å². The van der Waals surface area contributed by atoms with Crippen molar-refractivity contribution in [3.8, 4) is 0 Å². The number of nitrogens with one attached hydrogen (secondary N) is 2. The van der Waals surface area contributed by atoms with Crippen LogP contribution in [0.5, 0.6) is 0 Å². The predicted molar refractivity (Wildman–Crippen MR) is 98.1 cm³/mol. The predicted octanol–water partition coefficient (Wildman–Crippen LogP) is 2.15. The molecule has 2 aromatic rings. The third kappa shape index (κ3) is 5.69. The largest absolute Gasteiger partial charge is 0.469 e. The van der Waals surface area contributed by atoms with Crippen molar-refractivity contribution >= 4 is 21.6 Å². The molecule has 2 rings (SSSR count). The number of hydrogen-bond acceptors (Lipinski definition) is 5. The first-order chi connectivity index (χ1) is 12.1. The Kier molecular flexibility index (Phi) is 6.22. The number of aliphatic hydroxyl groups is 1. The van der Waals surface area contributed by atoms with Crippen LogP contribution in [0, 0.1) is 5.92 Å². The molecule has 142 valence electrons. The van der Waals surface area contributed by atoms with Gasteiger partial charge in [0.25, 0.3) is 0 Å². The maximum atomic E-state index is 12.4. The average Bonchev–Trinajstić information content (AvgIpc) is 3.06. The van der Waals surface area contributed by atoms with Crippen molar-refractivity contribution in [2.24, 2.45) is 5.92 Å². The van der Waals surface area contributed by atoms with Crippen molar-refractivity contribution in [3.05, 3.63) is 48.4 Å². The summed E-state index contributed by atoms with van der Waals surface area (Å²) in [5.74, 6) is 0.253. The second-order valence-electron chi connectivity index (χ2n) is 6.75. The van der Waals surface area contributed by atoms with Crippen LogP contribution in [0.4, 0.5) is 5.69 Å². The minimum Gasteiger partial charge on any atom is -0.469 e. The molecule has 1 aromatic carbocycles. The number of hydrogen-bond donors (Lipinski definition) is 3. The summed E-state index contributed by atoms with van der Waals surface area (Å²) in [5, 5.41) is 13.1. The van der Waals surface area contributed by atoms with Crippen molar-refractivity contribution in [3.63, 3.8) is 0 Å². The number of benzene rings is 1. The van der Waals surface area contributed by atoms with E-state index in [2.05, 4.69) is 10.0 Å². The van der Waals surface area contributed by atoms with E-state index in [9.17, 15) is 18.3 Å². The number of carbonyl (C=O) groups excluding carboxylic acids is 1. The van der Waals surface area contributed by atoms with Crippen molar-refractivity contribution in [1.29, 1.82) is 0 Å². The number of anilines is 1. The first-order valence-electron chi connectivity index (χ1n) is 8.24. The minimum atomic E-state index is -3.79. The van der Waals surface area contributed by atoms with Gasteiger partial charge in [-0.2, -0.15) is 0 Å². The lowest BCUT2D eigenvalue weighted by atomic mass is 10.0. The van der Waals surface area contributed by atoms with Gasteiger partial charge in [0.15, 0.2) is 0 Å². The van der Waals surface area contributed by atoms with Crippen LogP contribution < -0.4 is 10.0 Å². The van der Waals surface area contributed by atoms with Crippen LogP contribution in [-0.2, 0) is 21.2 Å². The Balaban J connectivity index is 1.99. The van der Waals surface area contributed by atoms with E-state index in [1.807, 2.05) is 0 Å². The molecular weight excluding hydrogens is 356 g/mol. The fraction of sp³-hybridized carbons (Fsp3) is 0.389. The van der Waals surface area contributed by atoms with Gasteiger partial charge in [-0.3, -0.25) is 4.79 Å². The molecule has 0 fully saturated rings. The quantitative estimate of drug-likeness (QED) is 0.650. The van der Waals surface area contributed by atoms with Gasteiger partial charge in [0.05, 0.1) is 16.8 Å². The molecule has 0 saturated carbocycles. The molecule has 26 heavy (non-hydrogen) atoms. The molecule has 0 aliphatic rings. The van der Waals surface area contributed by atoms with Crippen LogP contribution in [-0.4, -0.2) is 31.6 Å². The van der Waals surface area contributed by atoms with Gasteiger partial charge in [-0.1, -0.05) is 13.8 Å². The Morgan fingerprint density at radius 2 is 1.88 bits per heavy atom. The highest BCUT2D eigenvalue weighted by molar-refractivity contribution is 7.89. The van der Waals surface area contributed by atoms with Gasteiger partial charge >= 0.3 is 0 Å². The molecule has 0 aliphatic carbocycles. The number of carbonyl (C=O) groups is 1. The number of amides is 1. The van der Waals surface area contributed by atoms with Crippen LogP contribution in [0.15, 0.2) is 52.0 Å². The van der Waals surface area contributed by atoms with Gasteiger partial charge in [-0.05, 0) is 43.3 Å². The fourth-order valence-electron chi connectivity index (χ4n) is 2.19. The number of rotatable bonds is 8. The smallest absolute Gasteiger partial charge is 0.240 e. The van der Waals surface area contributed by atoms with Gasteiger partial charge in [-0.15, -0.1) is 0 Å². The Labute approximate surface area is 153 Å². The molecule has 8 heteroatoms. The van der Waals surface area contributed by atoms with E-state index in [1.165, 1.54) is 37.5 Å². The van der Waals surface area contributed by atoms with Gasteiger partial charge < -0.3 is 14.8 Å². The normalized spacial score (nSPS) is 14.2. The Hall–Kier alpha value is -2.16. The highest BCUT2D eigenvalue weighted by atomic mass is 32.2. The second-order valence-corrected chi connectivity index (χ2v) is 8.51. The standard InChI is InChI=1S/C18H24N2O5S/c1-13(2)17(21)20-14-6-8-16(9-7-14)26(23,24)19-12-18(3,22)11-15-5-4-10-25-15/h4-10,13,19,22H,11-12H2,1-3H3,(H,20,21). The van der Waals surface area contributed by atoms with Crippen molar-refractivity contribution in [2.75, 3.05) is 11.9 Å². The Morgan fingerprint density at radius 3 is 2.42 bits per heavy atom. The topological polar surface area (TPSA) is 109 Å². The minimum absolute atomic E-state index is 0.0499. The number of furan rings is 1. The second kappa shape index (κ2) is 8.03. The molecule has 0 saturated heterocycles. The highest BCUT2D eigenvalue weighted by Gasteiger charge is 2.25. The summed E-state index contributed by atoms with van der Waals surface area (Å²) in [5.41, 5.74) is -0.775. The summed E-state index contributed by atoms with van der Waals surface area (Å²) in [7, 11) is -3.79. The maximum absolute atomic E-state index is 12.4. The summed E-state index contributed by atoms with van der Waals surface area (Å²) in [6, 6.07) is 9.27. The summed E-state index contributed by atoms with van der Waals surface area (Å²) >= 11 is 0. The van der Waals surface area contributed by atoms with E-state index in [-0.39, 0.29) is 29.7 Å². The summed E-state index contributed by atoms with van der Waals surface area (Å²) in [6.07, 6.45) is 1.68. The van der Waals surface area contributed by atoms with Gasteiger partial charge in [0.1, 0.15) is 5.76 Å². The van der Waals surface area contributed by atoms with Crippen LogP contribution in [0.2, 0.25) is 0 Å². The number of sulfonamides is 1. The van der Waals surface area contributed by atoms with Crippen molar-refractivity contribution in [1.82, 2.24) is 4.72 Å². The first kappa shape index (κ1) is 20.2. The molecule has 0 aliphatic heterocycles. The van der Waals surface area contributed by atoms with Crippen LogP contribution in [0.3, 0.4) is 0 Å². The van der Waals surface area contributed by atoms with E-state index in [0.717, 1.165) is 0 Å². The van der Waals surface area contributed by atoms with E-state index in [1.54, 1.807) is 26.0 Å². The van der Waals surface area contributed by atoms with E-state index >= 15 is 0 Å². The zero-order valence-corrected chi connectivity index (χ0v) is 15.8. The van der Waals surface area contributed by atoms with Crippen molar-refractivity contribution in [2.45, 2.75) is 37.7 Å². The van der Waals surface area contributed by atoms with Crippen LogP contribution in [0.25, 0.3) is 0 Å². The maximum Gasteiger partial charge on any atom is 0.240 e. The SMILES string of the molecule is CC(C)C(=O)Nc1ccc(S(=O)(=O)NCC(C)(O)Cc2ccco2)cc1. The first-order valence-corrected chi connectivity index (χ1v) is 9.73. The Bertz CT molecular complexity index is 825. The van der Waals surface area contributed by atoms with Crippen molar-refractivity contribution < 1.29 is 22.7 Å². The molecule has 7 nitrogen and oxygen atoms in total. The summed E-state index contributed by atoms with van der Waals surface area (Å²) in [4.78, 5) is 11.7. The van der Waals surface area contributed by atoms with E-state index in [0.29, 0.717) is 11.4 Å². The molecular formula is C18H24N2O5S. The van der Waals surface area contributed by atoms with E-state index < -0.39 is 15.6 Å². The molecule has 0 radical (unpaired) electrons. The molecule has 0 spiro atoms. The molecule has 3 N–H and O–H groups in total. The lowest BCUT2D eigenvalue weighted by Gasteiger charge is -2.22. The summed E-state index contributed by atoms with van der Waals surface area (Å²) < 4.78 is 32.4.